The van der Waals surface area contributed by atoms with Crippen LogP contribution in [0.3, 0.4) is 0 Å². The van der Waals surface area contributed by atoms with Crippen molar-refractivity contribution in [2.24, 2.45) is 10.8 Å². The predicted octanol–water partition coefficient (Wildman–Crippen LogP) is 6.38. The third-order valence-corrected chi connectivity index (χ3v) is 7.93. The number of aromatic nitrogens is 2. The van der Waals surface area contributed by atoms with E-state index < -0.39 is 29.2 Å². The lowest BCUT2D eigenvalue weighted by Crippen LogP contribution is -2.46. The van der Waals surface area contributed by atoms with Crippen LogP contribution < -0.4 is 10.6 Å². The zero-order chi connectivity index (χ0) is 25.1. The van der Waals surface area contributed by atoms with Crippen LogP contribution in [0.25, 0.3) is 0 Å². The van der Waals surface area contributed by atoms with Gasteiger partial charge in [-0.1, -0.05) is 135 Å². The molecule has 0 bridgehead atoms. The summed E-state index contributed by atoms with van der Waals surface area (Å²) in [4.78, 5) is 33.3. The SMILES string of the molecule is CC(C)(C)C(=O)N[C@@H](Sc1ccnc(S[C@H](NC(=O)C(C)(C)C)C(Cl)(Cl)Cl)n1)C(Cl)(Cl)Cl. The van der Waals surface area contributed by atoms with E-state index in [1.165, 1.54) is 6.20 Å². The van der Waals surface area contributed by atoms with E-state index in [0.29, 0.717) is 5.03 Å². The third kappa shape index (κ3) is 10.4. The number of hydrogen-bond acceptors (Lipinski definition) is 6. The highest BCUT2D eigenvalue weighted by atomic mass is 35.6. The first-order valence-electron chi connectivity index (χ1n) is 9.13. The largest absolute Gasteiger partial charge is 0.339 e. The number of carbonyl (C=O) groups is 2. The summed E-state index contributed by atoms with van der Waals surface area (Å²) in [6, 6.07) is 1.58. The van der Waals surface area contributed by atoms with E-state index in [1.54, 1.807) is 47.6 Å². The van der Waals surface area contributed by atoms with Gasteiger partial charge in [-0.3, -0.25) is 9.59 Å². The molecule has 0 saturated heterocycles. The summed E-state index contributed by atoms with van der Waals surface area (Å²) in [7, 11) is 0. The van der Waals surface area contributed by atoms with Crippen LogP contribution in [0.4, 0.5) is 0 Å². The van der Waals surface area contributed by atoms with Crippen molar-refractivity contribution in [3.05, 3.63) is 12.3 Å². The number of halogens is 6. The van der Waals surface area contributed by atoms with Gasteiger partial charge in [0.1, 0.15) is 15.8 Å². The van der Waals surface area contributed by atoms with Crippen LogP contribution in [0.2, 0.25) is 0 Å². The van der Waals surface area contributed by atoms with Gasteiger partial charge in [0.05, 0.1) is 0 Å². The highest BCUT2D eigenvalue weighted by Crippen LogP contribution is 2.41. The van der Waals surface area contributed by atoms with Gasteiger partial charge in [0.2, 0.25) is 19.4 Å². The van der Waals surface area contributed by atoms with Crippen molar-refractivity contribution in [2.45, 2.75) is 70.1 Å². The molecule has 32 heavy (non-hydrogen) atoms. The molecule has 1 rings (SSSR count). The smallest absolute Gasteiger partial charge is 0.226 e. The molecule has 6 nitrogen and oxygen atoms in total. The van der Waals surface area contributed by atoms with Crippen LogP contribution in [0.15, 0.2) is 22.4 Å². The molecule has 0 radical (unpaired) electrons. The number of thioether (sulfide) groups is 2. The standard InChI is InChI=1S/C18H24Cl6N4O2S2/c1-15(2,3)10(29)27-12(17(19,20)21)31-9-7-8-25-14(26-9)32-13(18(22,23)24)28-11(30)16(4,5)6/h7-8,12-13H,1-6H3,(H,27,29)(H,28,30)/t12-,13-/m0/s1. The molecule has 1 aromatic heterocycles. The molecule has 0 aliphatic rings. The molecule has 2 N–H and O–H groups in total. The minimum absolute atomic E-state index is 0.214. The van der Waals surface area contributed by atoms with Crippen LogP contribution >= 0.6 is 93.1 Å². The topological polar surface area (TPSA) is 84.0 Å². The average molecular weight is 605 g/mol. The lowest BCUT2D eigenvalue weighted by atomic mass is 9.96. The Kier molecular flexibility index (Phi) is 10.9. The quantitative estimate of drug-likeness (QED) is 0.129. The minimum Gasteiger partial charge on any atom is -0.339 e. The summed E-state index contributed by atoms with van der Waals surface area (Å²) in [6.07, 6.45) is 1.47. The Morgan fingerprint density at radius 2 is 1.22 bits per heavy atom. The molecular weight excluding hydrogens is 581 g/mol. The lowest BCUT2D eigenvalue weighted by Gasteiger charge is -2.29. The van der Waals surface area contributed by atoms with Crippen molar-refractivity contribution < 1.29 is 9.59 Å². The molecule has 0 spiro atoms. The Bertz CT molecular complexity index is 756. The fraction of sp³-hybridized carbons (Fsp3) is 0.667. The van der Waals surface area contributed by atoms with Crippen molar-refractivity contribution in [3.63, 3.8) is 0 Å². The highest BCUT2D eigenvalue weighted by Gasteiger charge is 2.39. The van der Waals surface area contributed by atoms with Gasteiger partial charge in [0, 0.05) is 17.0 Å². The molecule has 0 aliphatic heterocycles. The number of alkyl halides is 6. The first kappa shape index (κ1) is 30.5. The first-order chi connectivity index (χ1) is 14.2. The highest BCUT2D eigenvalue weighted by molar-refractivity contribution is 8.00. The van der Waals surface area contributed by atoms with Crippen LogP contribution in [-0.4, -0.2) is 40.1 Å². The van der Waals surface area contributed by atoms with Gasteiger partial charge in [-0.05, 0) is 6.07 Å². The van der Waals surface area contributed by atoms with Gasteiger partial charge >= 0.3 is 0 Å². The van der Waals surface area contributed by atoms with E-state index in [4.69, 9.17) is 69.6 Å². The molecule has 0 aliphatic carbocycles. The maximum atomic E-state index is 12.4. The number of nitrogens with one attached hydrogen (secondary N) is 2. The molecule has 0 unspecified atom stereocenters. The van der Waals surface area contributed by atoms with Crippen LogP contribution in [-0.2, 0) is 9.59 Å². The third-order valence-electron chi connectivity index (χ3n) is 3.55. The van der Waals surface area contributed by atoms with Crippen molar-refractivity contribution >= 4 is 105 Å². The monoisotopic (exact) mass is 602 g/mol. The number of carbonyl (C=O) groups excluding carboxylic acids is 2. The molecule has 0 fully saturated rings. The van der Waals surface area contributed by atoms with Gasteiger partial charge < -0.3 is 10.6 Å². The lowest BCUT2D eigenvalue weighted by molar-refractivity contribution is -0.129. The summed E-state index contributed by atoms with van der Waals surface area (Å²) in [5.41, 5.74) is -1.39. The zero-order valence-corrected chi connectivity index (χ0v) is 24.3. The Morgan fingerprint density at radius 1 is 0.812 bits per heavy atom. The number of nitrogens with zero attached hydrogens (tertiary/aromatic N) is 2. The molecule has 1 heterocycles. The zero-order valence-electron chi connectivity index (χ0n) is 18.1. The fourth-order valence-corrected chi connectivity index (χ4v) is 4.49. The summed E-state index contributed by atoms with van der Waals surface area (Å²) < 4.78 is -3.65. The second kappa shape index (κ2) is 11.5. The maximum Gasteiger partial charge on any atom is 0.226 e. The molecule has 182 valence electrons. The molecule has 2 atom stereocenters. The Balaban J connectivity index is 3.09. The molecule has 14 heteroatoms. The predicted molar refractivity (Wildman–Crippen MR) is 137 cm³/mol. The van der Waals surface area contributed by atoms with E-state index in [9.17, 15) is 9.59 Å². The van der Waals surface area contributed by atoms with E-state index >= 15 is 0 Å². The van der Waals surface area contributed by atoms with Gasteiger partial charge in [-0.15, -0.1) is 0 Å². The Morgan fingerprint density at radius 3 is 1.59 bits per heavy atom. The van der Waals surface area contributed by atoms with Crippen molar-refractivity contribution in [2.75, 3.05) is 0 Å². The van der Waals surface area contributed by atoms with Crippen molar-refractivity contribution in [1.29, 1.82) is 0 Å². The summed E-state index contributed by atoms with van der Waals surface area (Å²) >= 11 is 38.4. The number of hydrogen-bond donors (Lipinski definition) is 2. The summed E-state index contributed by atoms with van der Waals surface area (Å²) in [5.74, 6) is -0.612. The minimum atomic E-state index is -1.83. The van der Waals surface area contributed by atoms with E-state index in [0.717, 1.165) is 23.5 Å². The average Bonchev–Trinajstić information content (AvgIpc) is 2.57. The maximum absolute atomic E-state index is 12.4. The van der Waals surface area contributed by atoms with Crippen LogP contribution in [0.1, 0.15) is 41.5 Å². The Hall–Kier alpha value is 0.460. The molecular formula is C18H24Cl6N4O2S2. The van der Waals surface area contributed by atoms with Crippen molar-refractivity contribution in [3.8, 4) is 0 Å². The van der Waals surface area contributed by atoms with Gasteiger partial charge in [-0.2, -0.15) is 0 Å². The second-order valence-electron chi connectivity index (χ2n) is 8.70. The van der Waals surface area contributed by atoms with Crippen LogP contribution in [0, 0.1) is 10.8 Å². The van der Waals surface area contributed by atoms with Gasteiger partial charge in [0.25, 0.3) is 0 Å². The summed E-state index contributed by atoms with van der Waals surface area (Å²) in [6.45, 7) is 10.4. The molecule has 0 saturated carbocycles. The van der Waals surface area contributed by atoms with Crippen LogP contribution in [0.5, 0.6) is 0 Å². The van der Waals surface area contributed by atoms with E-state index in [-0.39, 0.29) is 17.0 Å². The molecule has 2 amide bonds. The fourth-order valence-electron chi connectivity index (χ4n) is 1.70. The molecule has 1 aromatic rings. The van der Waals surface area contributed by atoms with Gasteiger partial charge in [-0.25, -0.2) is 9.97 Å². The second-order valence-corrected chi connectivity index (χ2v) is 15.6. The van der Waals surface area contributed by atoms with Gasteiger partial charge in [0.15, 0.2) is 5.16 Å². The van der Waals surface area contributed by atoms with E-state index in [1.807, 2.05) is 0 Å². The van der Waals surface area contributed by atoms with Crippen molar-refractivity contribution in [1.82, 2.24) is 20.6 Å². The summed E-state index contributed by atoms with van der Waals surface area (Å²) in [5, 5.41) is 4.12. The normalized spacial score (nSPS) is 15.1. The molecule has 0 aromatic carbocycles. The Labute approximate surface area is 226 Å². The first-order valence-corrected chi connectivity index (χ1v) is 13.2. The number of amides is 2. The van der Waals surface area contributed by atoms with E-state index in [2.05, 4.69) is 20.6 Å². The number of rotatable bonds is 6.